The van der Waals surface area contributed by atoms with E-state index in [4.69, 9.17) is 23.1 Å². The van der Waals surface area contributed by atoms with Crippen molar-refractivity contribution in [3.05, 3.63) is 203 Å². The maximum absolute atomic E-state index is 15.6. The van der Waals surface area contributed by atoms with Crippen molar-refractivity contribution in [3.8, 4) is 0 Å². The second-order valence-corrected chi connectivity index (χ2v) is 32.4. The van der Waals surface area contributed by atoms with Gasteiger partial charge in [-0.05, 0) is 151 Å². The van der Waals surface area contributed by atoms with E-state index in [0.717, 1.165) is 10.8 Å². The molecule has 19 amide bonds. The number of carbonyl (C=O) groups excluding carboxylic acids is 16. The molecule has 0 spiro atoms. The molecule has 4 heterocycles. The molecular formula is C89H110ClN21O17. The van der Waals surface area contributed by atoms with Crippen molar-refractivity contribution < 1.29 is 81.8 Å². The van der Waals surface area contributed by atoms with Crippen LogP contribution in [0.15, 0.2) is 164 Å². The molecule has 0 saturated carbocycles. The molecule has 0 radical (unpaired) electrons. The number of aliphatic hydroxyl groups excluding tert-OH is 1. The predicted octanol–water partition coefficient (Wildman–Crippen LogP) is 1.50. The summed E-state index contributed by atoms with van der Waals surface area (Å²) in [6.45, 7) is 8.48. The number of nitrogens with one attached hydrogen (secondary N) is 16. The number of unbranched alkanes of at least 4 members (excludes halogenated alkanes) is 1. The number of anilines is 2. The summed E-state index contributed by atoms with van der Waals surface area (Å²) in [5, 5.41) is 55.7. The van der Waals surface area contributed by atoms with Gasteiger partial charge in [0.25, 0.3) is 5.91 Å². The van der Waals surface area contributed by atoms with Crippen molar-refractivity contribution in [1.82, 2.24) is 89.3 Å². The normalized spacial score (nSPS) is 15.6. The van der Waals surface area contributed by atoms with Gasteiger partial charge in [-0.1, -0.05) is 124 Å². The van der Waals surface area contributed by atoms with Gasteiger partial charge in [0.2, 0.25) is 70.9 Å². The fourth-order valence-corrected chi connectivity index (χ4v) is 14.4. The lowest BCUT2D eigenvalue weighted by Crippen LogP contribution is -2.62. The molecule has 2 aliphatic heterocycles. The third-order valence-corrected chi connectivity index (χ3v) is 21.2. The van der Waals surface area contributed by atoms with Crippen LogP contribution in [0, 0.1) is 5.92 Å². The number of primary amides is 2. The number of benzene rings is 5. The Morgan fingerprint density at radius 1 is 0.508 bits per heavy atom. The van der Waals surface area contributed by atoms with Crippen LogP contribution in [0.1, 0.15) is 118 Å². The van der Waals surface area contributed by atoms with Crippen LogP contribution < -0.4 is 96.5 Å². The van der Waals surface area contributed by atoms with Gasteiger partial charge in [0, 0.05) is 99.0 Å². The van der Waals surface area contributed by atoms with Gasteiger partial charge in [0.1, 0.15) is 66.5 Å². The number of fused-ring (bicyclic) bond motifs is 1. The van der Waals surface area contributed by atoms with Crippen LogP contribution in [-0.4, -0.2) is 220 Å². The molecule has 0 bridgehead atoms. The lowest BCUT2D eigenvalue weighted by atomic mass is 9.99. The van der Waals surface area contributed by atoms with Crippen molar-refractivity contribution >= 4 is 129 Å². The standard InChI is InChI=1S/C89H110ClN21O17/c1-50(2)39-65(78(117)101-64(17-8-9-35-95-51(3)4)86(125)111-38-12-18-73(111)85(124)98-52(5)75(91)114)102-79(118)67(42-55-24-31-63(32-25-55)100-88(127)97-37-36-96-76(115)60-16-11-34-94-48-60)103-81(120)68(43-54-22-29-62(30-23-54)99-77(116)71-46-74(113)110-89(128)109-71)106-84(123)72(49-112)107-82(121)69(45-57-13-10-33-93-47-57)105-80(119)66(41-53-20-27-61(90)28-21-53)104-83(122)70(108-87(92)126)44-56-19-26-58-14-6-7-15-59(58)40-56/h6-7,10-11,13-16,19-34,40,47-48,50-52,64-73,95,112H,8-9,12,17-18,35-39,41-46,49H2,1-5H3,(H2,91,114)(H,96,115)(H,98,124)(H,99,116)(H,101,117)(H,102,118)(H,103,120)(H,104,122)(H,105,119)(H,106,123)(H,107,121)(H3,92,108,126)(H2,97,100,127)(H2,109,110,113,128)/t52-,64+,65+,66-,67-,68+,69-,70-,71?,72+,73+/m1/s1. The molecule has 39 heteroatoms. The molecule has 2 saturated heterocycles. The number of hydrogen-bond donors (Lipinski definition) is 19. The van der Waals surface area contributed by atoms with Crippen LogP contribution in [0.2, 0.25) is 5.02 Å². The van der Waals surface area contributed by atoms with Crippen LogP contribution in [0.3, 0.4) is 0 Å². The summed E-state index contributed by atoms with van der Waals surface area (Å²) >= 11 is 6.28. The zero-order valence-electron chi connectivity index (χ0n) is 71.5. The van der Waals surface area contributed by atoms with Gasteiger partial charge in [-0.25, -0.2) is 14.4 Å². The van der Waals surface area contributed by atoms with Crippen molar-refractivity contribution in [3.63, 3.8) is 0 Å². The van der Waals surface area contributed by atoms with Crippen molar-refractivity contribution in [2.24, 2.45) is 17.4 Å². The van der Waals surface area contributed by atoms with E-state index in [1.165, 1.54) is 85.1 Å². The van der Waals surface area contributed by atoms with Crippen LogP contribution in [-0.2, 0) is 89.6 Å². The number of aromatic nitrogens is 2. The van der Waals surface area contributed by atoms with Crippen molar-refractivity contribution in [2.45, 2.75) is 184 Å². The number of aliphatic hydroxyl groups is 1. The summed E-state index contributed by atoms with van der Waals surface area (Å²) in [7, 11) is 0. The summed E-state index contributed by atoms with van der Waals surface area (Å²) in [6, 6.07) is 18.9. The molecule has 5 aromatic carbocycles. The third kappa shape index (κ3) is 31.0. The van der Waals surface area contributed by atoms with E-state index in [2.05, 4.69) is 95.0 Å². The molecular weight excluding hydrogens is 1670 g/mol. The topological polar surface area (TPSA) is 567 Å². The SMILES string of the molecule is CC(C)C[C@H](NC(=O)[C@@H](Cc1ccc(NC(=O)NCCNC(=O)c2cccnc2)cc1)NC(=O)[C@H](Cc1ccc(NC(=O)C2CC(=O)NC(=O)N2)cc1)NC(=O)[C@H](CO)NC(=O)[C@@H](Cc1cccnc1)NC(=O)[C@@H](Cc1ccc(Cl)cc1)NC(=O)[C@@H](Cc1ccc2ccccc2c1)NC(N)=O)C(=O)N[C@@H](CCCCNC(C)C)C(=O)N1CCC[C@H]1C(=O)N[C@H](C)C(N)=O. The highest BCUT2D eigenvalue weighted by Gasteiger charge is 2.41. The lowest BCUT2D eigenvalue weighted by Gasteiger charge is -2.31. The highest BCUT2D eigenvalue weighted by molar-refractivity contribution is 6.30. The first-order valence-corrected chi connectivity index (χ1v) is 42.5. The molecule has 2 aromatic heterocycles. The van der Waals surface area contributed by atoms with Crippen LogP contribution in [0.5, 0.6) is 0 Å². The van der Waals surface area contributed by atoms with Crippen molar-refractivity contribution in [1.29, 1.82) is 0 Å². The summed E-state index contributed by atoms with van der Waals surface area (Å²) in [6.07, 6.45) is 5.55. The smallest absolute Gasteiger partial charge is 0.322 e. The quantitative estimate of drug-likeness (QED) is 0.0241. The van der Waals surface area contributed by atoms with E-state index in [-0.39, 0.29) is 99.9 Å². The maximum atomic E-state index is 15.6. The zero-order valence-corrected chi connectivity index (χ0v) is 72.2. The Morgan fingerprint density at radius 3 is 1.55 bits per heavy atom. The Kier molecular flexibility index (Phi) is 37.0. The average molecular weight is 1780 g/mol. The number of rotatable bonds is 45. The van der Waals surface area contributed by atoms with Gasteiger partial charge in [0.15, 0.2) is 0 Å². The second-order valence-electron chi connectivity index (χ2n) is 32.0. The highest BCUT2D eigenvalue weighted by Crippen LogP contribution is 2.24. The predicted molar refractivity (Wildman–Crippen MR) is 473 cm³/mol. The minimum atomic E-state index is -1.96. The van der Waals surface area contributed by atoms with Crippen LogP contribution >= 0.6 is 11.6 Å². The number of imide groups is 1. The van der Waals surface area contributed by atoms with E-state index in [1.807, 2.05) is 50.2 Å². The zero-order chi connectivity index (χ0) is 92.5. The highest BCUT2D eigenvalue weighted by atomic mass is 35.5. The molecule has 2 aliphatic rings. The number of likely N-dealkylation sites (tertiary alicyclic amines) is 1. The van der Waals surface area contributed by atoms with Gasteiger partial charge < -0.3 is 101 Å². The van der Waals surface area contributed by atoms with Crippen LogP contribution in [0.25, 0.3) is 10.8 Å². The summed E-state index contributed by atoms with van der Waals surface area (Å²) in [5.41, 5.74) is 13.9. The first-order valence-electron chi connectivity index (χ1n) is 42.1. The second kappa shape index (κ2) is 48.5. The number of halogens is 1. The van der Waals surface area contributed by atoms with Gasteiger partial charge in [0.05, 0.1) is 18.6 Å². The Labute approximate surface area is 743 Å². The first-order chi connectivity index (χ1) is 61.2. The van der Waals surface area contributed by atoms with Gasteiger partial charge in [-0.15, -0.1) is 0 Å². The minimum Gasteiger partial charge on any atom is -0.394 e. The number of carbonyl (C=O) groups is 16. The molecule has 128 heavy (non-hydrogen) atoms. The van der Waals surface area contributed by atoms with E-state index in [9.17, 15) is 53.1 Å². The van der Waals surface area contributed by atoms with Gasteiger partial charge >= 0.3 is 18.1 Å². The lowest BCUT2D eigenvalue weighted by molar-refractivity contribution is -0.142. The van der Waals surface area contributed by atoms with Gasteiger partial charge in [-0.2, -0.15) is 0 Å². The molecule has 1 unspecified atom stereocenters. The minimum absolute atomic E-state index is 0.0118. The third-order valence-electron chi connectivity index (χ3n) is 21.0. The molecule has 680 valence electrons. The Hall–Kier alpha value is -14.0. The summed E-state index contributed by atoms with van der Waals surface area (Å²) in [4.78, 5) is 232. The Bertz CT molecular complexity index is 5060. The number of hydrogen-bond acceptors (Lipinski definition) is 20. The Morgan fingerprint density at radius 2 is 1.01 bits per heavy atom. The summed E-state index contributed by atoms with van der Waals surface area (Å²) in [5.74, 6) is -11.2. The molecule has 0 aliphatic carbocycles. The number of urea groups is 3. The Balaban J connectivity index is 1.02. The van der Waals surface area contributed by atoms with Gasteiger partial charge in [-0.3, -0.25) is 77.6 Å². The van der Waals surface area contributed by atoms with E-state index in [0.29, 0.717) is 58.6 Å². The molecule has 7 aromatic rings. The van der Waals surface area contributed by atoms with E-state index >= 15 is 28.8 Å². The molecule has 2 fully saturated rings. The fraction of sp³-hybridized carbons (Fsp3) is 0.393. The van der Waals surface area contributed by atoms with Crippen LogP contribution in [0.4, 0.5) is 25.8 Å². The molecule has 38 nitrogen and oxygen atoms in total. The average Bonchev–Trinajstić information content (AvgIpc) is 1.56. The molecule has 9 rings (SSSR count). The van der Waals surface area contributed by atoms with E-state index < -0.39 is 174 Å². The largest absolute Gasteiger partial charge is 0.394 e. The number of nitrogens with zero attached hydrogens (tertiary/aromatic N) is 3. The molecule has 11 atom stereocenters. The van der Waals surface area contributed by atoms with Crippen molar-refractivity contribution in [2.75, 3.05) is 43.4 Å². The first kappa shape index (κ1) is 97.8. The fourth-order valence-electron chi connectivity index (χ4n) is 14.3. The molecule has 21 N–H and O–H groups in total. The number of pyridine rings is 2. The maximum Gasteiger partial charge on any atom is 0.322 e. The van der Waals surface area contributed by atoms with E-state index in [1.54, 1.807) is 68.4 Å². The summed E-state index contributed by atoms with van der Waals surface area (Å²) < 4.78 is 0. The number of nitrogens with two attached hydrogens (primary N) is 2. The monoisotopic (exact) mass is 1780 g/mol. The number of amides is 19.